The van der Waals surface area contributed by atoms with Crippen LogP contribution in [0.1, 0.15) is 38.5 Å². The van der Waals surface area contributed by atoms with Crippen molar-refractivity contribution >= 4 is 0 Å². The lowest BCUT2D eigenvalue weighted by atomic mass is 9.95. The van der Waals surface area contributed by atoms with Gasteiger partial charge in [-0.1, -0.05) is 24.5 Å². The summed E-state index contributed by atoms with van der Waals surface area (Å²) in [5.74, 6) is 5.51. The Morgan fingerprint density at radius 3 is 2.93 bits per heavy atom. The van der Waals surface area contributed by atoms with Gasteiger partial charge in [0.2, 0.25) is 0 Å². The standard InChI is InChI=1S/C11H22N2O/c1-14-9-11(13-12)10-7-5-3-2-4-6-8-10/h7,11,13H,2-6,8-9,12H2,1H3. The molecule has 1 atom stereocenters. The number of hydrogen-bond donors (Lipinski definition) is 2. The molecule has 0 saturated heterocycles. The van der Waals surface area contributed by atoms with E-state index in [1.165, 1.54) is 37.7 Å². The maximum Gasteiger partial charge on any atom is 0.0667 e. The van der Waals surface area contributed by atoms with Crippen LogP contribution in [0.25, 0.3) is 0 Å². The summed E-state index contributed by atoms with van der Waals surface area (Å²) in [6.07, 6.45) is 10.0. The van der Waals surface area contributed by atoms with Crippen molar-refractivity contribution in [1.82, 2.24) is 5.43 Å². The average molecular weight is 198 g/mol. The van der Waals surface area contributed by atoms with E-state index in [2.05, 4.69) is 11.5 Å². The zero-order valence-electron chi connectivity index (χ0n) is 9.09. The molecule has 0 radical (unpaired) electrons. The van der Waals surface area contributed by atoms with E-state index in [9.17, 15) is 0 Å². The van der Waals surface area contributed by atoms with Gasteiger partial charge in [0.1, 0.15) is 0 Å². The fourth-order valence-electron chi connectivity index (χ4n) is 1.96. The first-order valence-electron chi connectivity index (χ1n) is 5.52. The predicted octanol–water partition coefficient (Wildman–Crippen LogP) is 1.75. The second-order valence-corrected chi connectivity index (χ2v) is 3.91. The first-order chi connectivity index (χ1) is 6.88. The molecule has 1 rings (SSSR count). The van der Waals surface area contributed by atoms with E-state index >= 15 is 0 Å². The number of hydrogen-bond acceptors (Lipinski definition) is 3. The van der Waals surface area contributed by atoms with Crippen molar-refractivity contribution in [3.63, 3.8) is 0 Å². The normalized spacial score (nSPS) is 20.9. The Bertz CT molecular complexity index is 180. The molecule has 0 aromatic rings. The largest absolute Gasteiger partial charge is 0.383 e. The molecule has 0 saturated carbocycles. The van der Waals surface area contributed by atoms with Crippen LogP contribution in [0.15, 0.2) is 11.6 Å². The molecule has 3 N–H and O–H groups in total. The minimum absolute atomic E-state index is 0.207. The van der Waals surface area contributed by atoms with E-state index < -0.39 is 0 Å². The highest BCUT2D eigenvalue weighted by molar-refractivity contribution is 5.11. The summed E-state index contributed by atoms with van der Waals surface area (Å²) in [5.41, 5.74) is 4.25. The van der Waals surface area contributed by atoms with Gasteiger partial charge in [0.25, 0.3) is 0 Å². The van der Waals surface area contributed by atoms with Crippen LogP contribution in [-0.2, 0) is 4.74 Å². The van der Waals surface area contributed by atoms with Crippen molar-refractivity contribution in [1.29, 1.82) is 0 Å². The van der Waals surface area contributed by atoms with E-state index in [1.807, 2.05) is 0 Å². The van der Waals surface area contributed by atoms with Gasteiger partial charge in [0, 0.05) is 7.11 Å². The summed E-state index contributed by atoms with van der Waals surface area (Å²) in [6, 6.07) is 0.207. The third-order valence-corrected chi connectivity index (χ3v) is 2.81. The van der Waals surface area contributed by atoms with Crippen molar-refractivity contribution in [2.75, 3.05) is 13.7 Å². The lowest BCUT2D eigenvalue weighted by molar-refractivity contribution is 0.176. The van der Waals surface area contributed by atoms with E-state index in [4.69, 9.17) is 10.6 Å². The Kier molecular flexibility index (Phi) is 5.83. The number of nitrogens with one attached hydrogen (secondary N) is 1. The highest BCUT2D eigenvalue weighted by Crippen LogP contribution is 2.19. The van der Waals surface area contributed by atoms with Crippen LogP contribution in [0.5, 0.6) is 0 Å². The number of rotatable bonds is 4. The molecule has 0 aliphatic heterocycles. The molecular weight excluding hydrogens is 176 g/mol. The lowest BCUT2D eigenvalue weighted by Gasteiger charge is -2.20. The summed E-state index contributed by atoms with van der Waals surface area (Å²) in [5, 5.41) is 0. The topological polar surface area (TPSA) is 47.3 Å². The van der Waals surface area contributed by atoms with Crippen LogP contribution >= 0.6 is 0 Å². The van der Waals surface area contributed by atoms with Gasteiger partial charge in [-0.15, -0.1) is 0 Å². The zero-order chi connectivity index (χ0) is 10.2. The molecule has 0 heterocycles. The van der Waals surface area contributed by atoms with Gasteiger partial charge in [-0.2, -0.15) is 0 Å². The molecule has 0 aromatic carbocycles. The second-order valence-electron chi connectivity index (χ2n) is 3.91. The minimum Gasteiger partial charge on any atom is -0.383 e. The SMILES string of the molecule is COCC(NN)C1=CCCCCCC1. The monoisotopic (exact) mass is 198 g/mol. The van der Waals surface area contributed by atoms with Crippen LogP contribution in [0.3, 0.4) is 0 Å². The first kappa shape index (κ1) is 11.7. The fraction of sp³-hybridized carbons (Fsp3) is 0.818. The van der Waals surface area contributed by atoms with Gasteiger partial charge >= 0.3 is 0 Å². The molecule has 1 unspecified atom stereocenters. The second kappa shape index (κ2) is 6.98. The predicted molar refractivity (Wildman–Crippen MR) is 58.8 cm³/mol. The maximum atomic E-state index is 5.51. The number of hydrazine groups is 1. The van der Waals surface area contributed by atoms with E-state index in [0.29, 0.717) is 6.61 Å². The lowest BCUT2D eigenvalue weighted by Crippen LogP contribution is -2.40. The Morgan fingerprint density at radius 1 is 1.43 bits per heavy atom. The Balaban J connectivity index is 2.51. The van der Waals surface area contributed by atoms with E-state index in [1.54, 1.807) is 7.11 Å². The maximum absolute atomic E-state index is 5.51. The first-order valence-corrected chi connectivity index (χ1v) is 5.52. The summed E-state index contributed by atoms with van der Waals surface area (Å²) in [7, 11) is 1.72. The van der Waals surface area contributed by atoms with Crippen LogP contribution in [-0.4, -0.2) is 19.8 Å². The van der Waals surface area contributed by atoms with Gasteiger partial charge in [0.05, 0.1) is 12.6 Å². The van der Waals surface area contributed by atoms with Crippen LogP contribution < -0.4 is 11.3 Å². The van der Waals surface area contributed by atoms with Crippen LogP contribution in [0.2, 0.25) is 0 Å². The van der Waals surface area contributed by atoms with Crippen molar-refractivity contribution in [3.05, 3.63) is 11.6 Å². The summed E-state index contributed by atoms with van der Waals surface area (Å²) >= 11 is 0. The number of allylic oxidation sites excluding steroid dienone is 1. The fourth-order valence-corrected chi connectivity index (χ4v) is 1.96. The van der Waals surface area contributed by atoms with Crippen molar-refractivity contribution < 1.29 is 4.74 Å². The van der Waals surface area contributed by atoms with Gasteiger partial charge in [-0.25, -0.2) is 0 Å². The summed E-state index contributed by atoms with van der Waals surface area (Å²) in [6.45, 7) is 0.669. The van der Waals surface area contributed by atoms with Crippen molar-refractivity contribution in [2.45, 2.75) is 44.6 Å². The average Bonchev–Trinajstić information content (AvgIpc) is 2.15. The van der Waals surface area contributed by atoms with Gasteiger partial charge in [-0.3, -0.25) is 11.3 Å². The molecule has 3 heteroatoms. The third-order valence-electron chi connectivity index (χ3n) is 2.81. The van der Waals surface area contributed by atoms with Gasteiger partial charge in [-0.05, 0) is 25.7 Å². The van der Waals surface area contributed by atoms with Gasteiger partial charge < -0.3 is 4.74 Å². The highest BCUT2D eigenvalue weighted by atomic mass is 16.5. The number of methoxy groups -OCH3 is 1. The molecule has 0 bridgehead atoms. The molecule has 3 nitrogen and oxygen atoms in total. The molecule has 0 spiro atoms. The molecule has 0 fully saturated rings. The molecule has 1 aliphatic carbocycles. The van der Waals surface area contributed by atoms with Crippen LogP contribution in [0, 0.1) is 0 Å². The Hall–Kier alpha value is -0.380. The number of ether oxygens (including phenoxy) is 1. The zero-order valence-corrected chi connectivity index (χ0v) is 9.09. The minimum atomic E-state index is 0.207. The van der Waals surface area contributed by atoms with Crippen LogP contribution in [0.4, 0.5) is 0 Å². The molecule has 82 valence electrons. The molecule has 0 aromatic heterocycles. The molecule has 0 amide bonds. The highest BCUT2D eigenvalue weighted by Gasteiger charge is 2.12. The quantitative estimate of drug-likeness (QED) is 0.411. The van der Waals surface area contributed by atoms with Gasteiger partial charge in [0.15, 0.2) is 0 Å². The molecular formula is C11H22N2O. The molecule has 1 aliphatic rings. The summed E-state index contributed by atoms with van der Waals surface area (Å²) in [4.78, 5) is 0. The Morgan fingerprint density at radius 2 is 2.21 bits per heavy atom. The smallest absolute Gasteiger partial charge is 0.0667 e. The number of nitrogens with two attached hydrogens (primary N) is 1. The third kappa shape index (κ3) is 3.78. The van der Waals surface area contributed by atoms with E-state index in [-0.39, 0.29) is 6.04 Å². The summed E-state index contributed by atoms with van der Waals surface area (Å²) < 4.78 is 5.14. The molecule has 14 heavy (non-hydrogen) atoms. The van der Waals surface area contributed by atoms with Crippen molar-refractivity contribution in [3.8, 4) is 0 Å². The van der Waals surface area contributed by atoms with Crippen molar-refractivity contribution in [2.24, 2.45) is 5.84 Å². The van der Waals surface area contributed by atoms with E-state index in [0.717, 1.165) is 6.42 Å². The Labute approximate surface area is 86.7 Å².